The van der Waals surface area contributed by atoms with Crippen LogP contribution in [-0.2, 0) is 4.79 Å². The summed E-state index contributed by atoms with van der Waals surface area (Å²) < 4.78 is 24.1. The number of halogens is 1. The van der Waals surface area contributed by atoms with Gasteiger partial charge in [0.15, 0.2) is 17.6 Å². The first-order valence-electron chi connectivity index (χ1n) is 5.10. The molecule has 0 aromatic heterocycles. The maximum atomic E-state index is 13.6. The van der Waals surface area contributed by atoms with Gasteiger partial charge in [0.1, 0.15) is 5.82 Å². The van der Waals surface area contributed by atoms with Gasteiger partial charge in [0.05, 0.1) is 18.8 Å². The summed E-state index contributed by atoms with van der Waals surface area (Å²) in [6.45, 7) is 0.691. The van der Waals surface area contributed by atoms with Gasteiger partial charge in [0, 0.05) is 6.42 Å². The number of hydrogen-bond acceptors (Lipinski definition) is 4. The van der Waals surface area contributed by atoms with Gasteiger partial charge in [-0.15, -0.1) is 0 Å². The molecule has 17 heavy (non-hydrogen) atoms. The van der Waals surface area contributed by atoms with Crippen LogP contribution in [0.5, 0.6) is 11.5 Å². The summed E-state index contributed by atoms with van der Waals surface area (Å²) in [7, 11) is 0. The van der Waals surface area contributed by atoms with Crippen LogP contribution in [0.15, 0.2) is 12.1 Å². The highest BCUT2D eigenvalue weighted by Gasteiger charge is 2.28. The number of aliphatic hydroxyl groups is 1. The van der Waals surface area contributed by atoms with Crippen molar-refractivity contribution >= 4 is 5.97 Å². The third kappa shape index (κ3) is 2.16. The van der Waals surface area contributed by atoms with Crippen molar-refractivity contribution < 1.29 is 28.9 Å². The number of hydrogen-bond donors (Lipinski definition) is 2. The minimum absolute atomic E-state index is 0.0302. The summed E-state index contributed by atoms with van der Waals surface area (Å²) >= 11 is 0. The maximum absolute atomic E-state index is 13.6. The van der Waals surface area contributed by atoms with E-state index >= 15 is 0 Å². The molecule has 1 aromatic rings. The van der Waals surface area contributed by atoms with E-state index in [1.165, 1.54) is 6.07 Å². The molecular weight excluding hydrogens is 231 g/mol. The van der Waals surface area contributed by atoms with Crippen LogP contribution < -0.4 is 9.47 Å². The quantitative estimate of drug-likeness (QED) is 0.812. The molecule has 0 spiro atoms. The first kappa shape index (κ1) is 11.7. The molecule has 92 valence electrons. The summed E-state index contributed by atoms with van der Waals surface area (Å²) in [4.78, 5) is 10.7. The second kappa shape index (κ2) is 4.58. The molecule has 0 aliphatic carbocycles. The van der Waals surface area contributed by atoms with Crippen LogP contribution in [0.2, 0.25) is 0 Å². The largest absolute Gasteiger partial charge is 0.490 e. The number of benzene rings is 1. The molecule has 1 unspecified atom stereocenters. The van der Waals surface area contributed by atoms with Gasteiger partial charge in [-0.3, -0.25) is 0 Å². The van der Waals surface area contributed by atoms with Gasteiger partial charge in [0.2, 0.25) is 0 Å². The van der Waals surface area contributed by atoms with E-state index in [2.05, 4.69) is 0 Å². The molecule has 0 saturated carbocycles. The molecule has 2 rings (SSSR count). The number of fused-ring (bicyclic) bond motifs is 1. The number of aliphatic hydroxyl groups excluding tert-OH is 1. The Bertz CT molecular complexity index is 446. The molecule has 0 amide bonds. The van der Waals surface area contributed by atoms with E-state index in [9.17, 15) is 14.3 Å². The molecule has 0 radical (unpaired) electrons. The predicted octanol–water partition coefficient (Wildman–Crippen LogP) is 1.10. The average Bonchev–Trinajstić information content (AvgIpc) is 2.53. The molecule has 0 saturated heterocycles. The zero-order valence-corrected chi connectivity index (χ0v) is 8.85. The Morgan fingerprint density at radius 3 is 2.76 bits per heavy atom. The van der Waals surface area contributed by atoms with E-state index in [1.54, 1.807) is 0 Å². The minimum atomic E-state index is -1.97. The second-order valence-corrected chi connectivity index (χ2v) is 3.58. The fourth-order valence-corrected chi connectivity index (χ4v) is 1.61. The standard InChI is InChI=1S/C11H11FO5/c12-6-2-3-7-10(17-5-1-4-16-7)8(6)9(13)11(14)15/h2-3,9,13H,1,4-5H2,(H,14,15). The van der Waals surface area contributed by atoms with E-state index in [4.69, 9.17) is 14.6 Å². The SMILES string of the molecule is O=C(O)C(O)c1c(F)ccc2c1OCCCO2. The van der Waals surface area contributed by atoms with E-state index < -0.39 is 23.5 Å². The summed E-state index contributed by atoms with van der Waals surface area (Å²) in [5.41, 5.74) is -0.392. The highest BCUT2D eigenvalue weighted by Crippen LogP contribution is 2.38. The lowest BCUT2D eigenvalue weighted by Gasteiger charge is -2.15. The van der Waals surface area contributed by atoms with Gasteiger partial charge >= 0.3 is 5.97 Å². The Morgan fingerprint density at radius 2 is 2.06 bits per heavy atom. The predicted molar refractivity (Wildman–Crippen MR) is 54.6 cm³/mol. The van der Waals surface area contributed by atoms with Gasteiger partial charge < -0.3 is 19.7 Å². The van der Waals surface area contributed by atoms with Crippen LogP contribution in [-0.4, -0.2) is 29.4 Å². The van der Waals surface area contributed by atoms with Gasteiger partial charge in [0.25, 0.3) is 0 Å². The van der Waals surface area contributed by atoms with Crippen molar-refractivity contribution in [3.8, 4) is 11.5 Å². The van der Waals surface area contributed by atoms with Gasteiger partial charge in [-0.05, 0) is 12.1 Å². The highest BCUT2D eigenvalue weighted by atomic mass is 19.1. The molecule has 0 fully saturated rings. The van der Waals surface area contributed by atoms with Crippen molar-refractivity contribution in [3.63, 3.8) is 0 Å². The lowest BCUT2D eigenvalue weighted by molar-refractivity contribution is -0.147. The van der Waals surface area contributed by atoms with E-state index in [0.29, 0.717) is 13.0 Å². The molecule has 0 bridgehead atoms. The number of rotatable bonds is 2. The highest BCUT2D eigenvalue weighted by molar-refractivity contribution is 5.76. The van der Waals surface area contributed by atoms with Crippen molar-refractivity contribution in [2.45, 2.75) is 12.5 Å². The second-order valence-electron chi connectivity index (χ2n) is 3.58. The molecule has 2 N–H and O–H groups in total. The van der Waals surface area contributed by atoms with Crippen LogP contribution in [0, 0.1) is 5.82 Å². The van der Waals surface area contributed by atoms with Gasteiger partial charge in [-0.1, -0.05) is 0 Å². The Balaban J connectivity index is 2.52. The number of carboxylic acid groups (broad SMARTS) is 1. The third-order valence-electron chi connectivity index (χ3n) is 2.41. The van der Waals surface area contributed by atoms with Gasteiger partial charge in [-0.25, -0.2) is 9.18 Å². The third-order valence-corrected chi connectivity index (χ3v) is 2.41. The lowest BCUT2D eigenvalue weighted by atomic mass is 10.1. The maximum Gasteiger partial charge on any atom is 0.337 e. The van der Waals surface area contributed by atoms with Crippen LogP contribution in [0.4, 0.5) is 4.39 Å². The van der Waals surface area contributed by atoms with Gasteiger partial charge in [-0.2, -0.15) is 0 Å². The average molecular weight is 242 g/mol. The monoisotopic (exact) mass is 242 g/mol. The van der Waals surface area contributed by atoms with E-state index in [1.807, 2.05) is 0 Å². The van der Waals surface area contributed by atoms with Crippen molar-refractivity contribution in [2.75, 3.05) is 13.2 Å². The van der Waals surface area contributed by atoms with Crippen LogP contribution >= 0.6 is 0 Å². The first-order valence-corrected chi connectivity index (χ1v) is 5.10. The zero-order valence-electron chi connectivity index (χ0n) is 8.85. The first-order chi connectivity index (χ1) is 8.11. The van der Waals surface area contributed by atoms with Crippen molar-refractivity contribution in [3.05, 3.63) is 23.5 Å². The summed E-state index contributed by atoms with van der Waals surface area (Å²) in [5, 5.41) is 18.2. The topological polar surface area (TPSA) is 76.0 Å². The number of carbonyl (C=O) groups is 1. The van der Waals surface area contributed by atoms with Crippen molar-refractivity contribution in [1.82, 2.24) is 0 Å². The van der Waals surface area contributed by atoms with Crippen molar-refractivity contribution in [2.24, 2.45) is 0 Å². The number of carboxylic acids is 1. The summed E-state index contributed by atoms with van der Waals surface area (Å²) in [5.74, 6) is -2.15. The Hall–Kier alpha value is -1.82. The molecule has 1 aromatic carbocycles. The molecule has 1 aliphatic heterocycles. The van der Waals surface area contributed by atoms with Crippen LogP contribution in [0.1, 0.15) is 18.1 Å². The Labute approximate surface area is 96.4 Å². The van der Waals surface area contributed by atoms with E-state index in [0.717, 1.165) is 6.07 Å². The van der Waals surface area contributed by atoms with Crippen LogP contribution in [0.25, 0.3) is 0 Å². The molecule has 1 atom stereocenters. The Kier molecular flexibility index (Phi) is 3.14. The minimum Gasteiger partial charge on any atom is -0.490 e. The molecule has 1 aliphatic rings. The zero-order chi connectivity index (χ0) is 12.4. The normalized spacial score (nSPS) is 16.1. The molecule has 6 heteroatoms. The molecule has 1 heterocycles. The summed E-state index contributed by atoms with van der Waals surface area (Å²) in [6.07, 6.45) is -1.36. The summed E-state index contributed by atoms with van der Waals surface area (Å²) in [6, 6.07) is 2.41. The molecule has 5 nitrogen and oxygen atoms in total. The van der Waals surface area contributed by atoms with E-state index in [-0.39, 0.29) is 18.1 Å². The fourth-order valence-electron chi connectivity index (χ4n) is 1.61. The number of ether oxygens (including phenoxy) is 2. The Morgan fingerprint density at radius 1 is 1.35 bits per heavy atom. The smallest absolute Gasteiger partial charge is 0.337 e. The molecular formula is C11H11FO5. The lowest BCUT2D eigenvalue weighted by Crippen LogP contribution is -2.14. The van der Waals surface area contributed by atoms with Crippen molar-refractivity contribution in [1.29, 1.82) is 0 Å². The fraction of sp³-hybridized carbons (Fsp3) is 0.364. The number of aliphatic carboxylic acids is 1. The van der Waals surface area contributed by atoms with Crippen LogP contribution in [0.3, 0.4) is 0 Å².